The van der Waals surface area contributed by atoms with Crippen molar-refractivity contribution >= 4 is 63.4 Å². The van der Waals surface area contributed by atoms with Crippen molar-refractivity contribution in [2.75, 3.05) is 24.4 Å². The van der Waals surface area contributed by atoms with Crippen LogP contribution in [0.4, 0.5) is 11.5 Å². The Labute approximate surface area is 166 Å². The predicted molar refractivity (Wildman–Crippen MR) is 111 cm³/mol. The molecule has 26 heavy (non-hydrogen) atoms. The number of nitrogens with one attached hydrogen (secondary N) is 1. The van der Waals surface area contributed by atoms with E-state index in [1.807, 2.05) is 67.5 Å². The Balaban J connectivity index is 1.88. The van der Waals surface area contributed by atoms with Gasteiger partial charge in [-0.1, -0.05) is 59.1 Å². The second-order valence-electron chi connectivity index (χ2n) is 5.77. The van der Waals surface area contributed by atoms with Crippen molar-refractivity contribution in [3.8, 4) is 0 Å². The SMILES string of the molecule is CN(C)c1ccc(/C=N/Nc2nc(C(Cl)(Cl)Cl)nc3ccccc23)cc1. The molecule has 0 bridgehead atoms. The van der Waals surface area contributed by atoms with E-state index in [1.54, 1.807) is 6.21 Å². The quantitative estimate of drug-likeness (QED) is 0.376. The maximum atomic E-state index is 5.94. The molecule has 0 amide bonds. The summed E-state index contributed by atoms with van der Waals surface area (Å²) < 4.78 is -1.72. The first-order valence-electron chi connectivity index (χ1n) is 7.75. The Morgan fingerprint density at radius 3 is 2.35 bits per heavy atom. The van der Waals surface area contributed by atoms with Crippen LogP contribution < -0.4 is 10.3 Å². The Bertz CT molecular complexity index is 934. The average molecular weight is 409 g/mol. The zero-order valence-electron chi connectivity index (χ0n) is 14.1. The second kappa shape index (κ2) is 7.66. The van der Waals surface area contributed by atoms with Crippen molar-refractivity contribution in [3.63, 3.8) is 0 Å². The fraction of sp³-hybridized carbons (Fsp3) is 0.167. The summed E-state index contributed by atoms with van der Waals surface area (Å²) in [5.41, 5.74) is 5.64. The minimum atomic E-state index is -1.72. The average Bonchev–Trinajstić information content (AvgIpc) is 2.61. The number of aromatic nitrogens is 2. The molecule has 0 saturated carbocycles. The molecule has 1 N–H and O–H groups in total. The van der Waals surface area contributed by atoms with E-state index >= 15 is 0 Å². The van der Waals surface area contributed by atoms with Crippen LogP contribution in [0.25, 0.3) is 10.9 Å². The van der Waals surface area contributed by atoms with E-state index in [0.29, 0.717) is 11.3 Å². The number of hydrogen-bond acceptors (Lipinski definition) is 5. The molecule has 0 aliphatic carbocycles. The van der Waals surface area contributed by atoms with E-state index in [1.165, 1.54) is 0 Å². The lowest BCUT2D eigenvalue weighted by molar-refractivity contribution is 0.992. The monoisotopic (exact) mass is 407 g/mol. The summed E-state index contributed by atoms with van der Waals surface area (Å²) in [6, 6.07) is 15.4. The number of hydrazone groups is 1. The van der Waals surface area contributed by atoms with Crippen molar-refractivity contribution in [1.29, 1.82) is 0 Å². The summed E-state index contributed by atoms with van der Waals surface area (Å²) >= 11 is 17.8. The summed E-state index contributed by atoms with van der Waals surface area (Å²) in [7, 11) is 3.99. The van der Waals surface area contributed by atoms with Gasteiger partial charge in [0.15, 0.2) is 11.6 Å². The van der Waals surface area contributed by atoms with Crippen molar-refractivity contribution in [1.82, 2.24) is 9.97 Å². The van der Waals surface area contributed by atoms with Crippen LogP contribution in [-0.4, -0.2) is 30.3 Å². The van der Waals surface area contributed by atoms with Gasteiger partial charge >= 0.3 is 0 Å². The third-order valence-electron chi connectivity index (χ3n) is 3.65. The molecule has 3 rings (SSSR count). The first-order chi connectivity index (χ1) is 12.3. The van der Waals surface area contributed by atoms with Gasteiger partial charge in [-0.25, -0.2) is 9.97 Å². The van der Waals surface area contributed by atoms with Gasteiger partial charge in [-0.05, 0) is 29.8 Å². The largest absolute Gasteiger partial charge is 0.378 e. The van der Waals surface area contributed by atoms with E-state index in [0.717, 1.165) is 16.6 Å². The van der Waals surface area contributed by atoms with Crippen LogP contribution >= 0.6 is 34.8 Å². The Morgan fingerprint density at radius 1 is 1.00 bits per heavy atom. The highest BCUT2D eigenvalue weighted by Crippen LogP contribution is 2.37. The third-order valence-corrected chi connectivity index (χ3v) is 4.16. The number of anilines is 2. The molecule has 0 fully saturated rings. The highest BCUT2D eigenvalue weighted by molar-refractivity contribution is 6.66. The highest BCUT2D eigenvalue weighted by atomic mass is 35.6. The molecule has 0 unspecified atom stereocenters. The number of rotatable bonds is 4. The number of benzene rings is 2. The van der Waals surface area contributed by atoms with Gasteiger partial charge in [0.25, 0.3) is 0 Å². The fourth-order valence-corrected chi connectivity index (χ4v) is 2.57. The van der Waals surface area contributed by atoms with E-state index in [-0.39, 0.29) is 5.82 Å². The Kier molecular flexibility index (Phi) is 5.51. The van der Waals surface area contributed by atoms with Crippen molar-refractivity contribution < 1.29 is 0 Å². The highest BCUT2D eigenvalue weighted by Gasteiger charge is 2.28. The molecule has 3 aromatic rings. The van der Waals surface area contributed by atoms with Crippen LogP contribution in [0, 0.1) is 0 Å². The lowest BCUT2D eigenvalue weighted by Gasteiger charge is -2.13. The summed E-state index contributed by atoms with van der Waals surface area (Å²) in [6.45, 7) is 0. The number of alkyl halides is 3. The number of halogens is 3. The molecule has 0 saturated heterocycles. The minimum absolute atomic E-state index is 0.0919. The summed E-state index contributed by atoms with van der Waals surface area (Å²) in [6.07, 6.45) is 1.70. The maximum Gasteiger partial charge on any atom is 0.250 e. The molecule has 0 aliphatic rings. The van der Waals surface area contributed by atoms with Gasteiger partial charge in [-0.15, -0.1) is 0 Å². The summed E-state index contributed by atoms with van der Waals surface area (Å²) in [4.78, 5) is 10.6. The molecular formula is C18H16Cl3N5. The summed E-state index contributed by atoms with van der Waals surface area (Å²) in [5.74, 6) is 0.562. The normalized spacial score (nSPS) is 11.9. The van der Waals surface area contributed by atoms with Gasteiger partial charge in [-0.3, -0.25) is 5.43 Å². The lowest BCUT2D eigenvalue weighted by Crippen LogP contribution is -2.09. The molecule has 0 aliphatic heterocycles. The molecule has 0 spiro atoms. The molecule has 1 aromatic heterocycles. The molecule has 2 aromatic carbocycles. The zero-order valence-corrected chi connectivity index (χ0v) is 16.4. The zero-order chi connectivity index (χ0) is 18.7. The number of hydrogen-bond donors (Lipinski definition) is 1. The van der Waals surface area contributed by atoms with Crippen molar-refractivity contribution in [2.45, 2.75) is 3.79 Å². The number of para-hydroxylation sites is 1. The van der Waals surface area contributed by atoms with E-state index in [9.17, 15) is 0 Å². The standard InChI is InChI=1S/C18H16Cl3N5/c1-26(2)13-9-7-12(8-10-13)11-22-25-16-14-5-3-4-6-15(14)23-17(24-16)18(19,20)21/h3-11H,1-2H3,(H,23,24,25)/b22-11+. The maximum absolute atomic E-state index is 5.94. The van der Waals surface area contributed by atoms with E-state index in [2.05, 4.69) is 20.5 Å². The predicted octanol–water partition coefficient (Wildman–Crippen LogP) is 4.97. The van der Waals surface area contributed by atoms with Gasteiger partial charge in [-0.2, -0.15) is 5.10 Å². The van der Waals surface area contributed by atoms with Gasteiger partial charge < -0.3 is 4.90 Å². The lowest BCUT2D eigenvalue weighted by atomic mass is 10.2. The Morgan fingerprint density at radius 2 is 1.69 bits per heavy atom. The molecule has 1 heterocycles. The number of nitrogens with zero attached hydrogens (tertiary/aromatic N) is 4. The molecule has 8 heteroatoms. The van der Waals surface area contributed by atoms with Crippen LogP contribution in [0.15, 0.2) is 53.6 Å². The van der Waals surface area contributed by atoms with Gasteiger partial charge in [0.05, 0.1) is 11.7 Å². The van der Waals surface area contributed by atoms with Gasteiger partial charge in [0.1, 0.15) is 0 Å². The fourth-order valence-electron chi connectivity index (χ4n) is 2.32. The first-order valence-corrected chi connectivity index (χ1v) is 8.88. The van der Waals surface area contributed by atoms with Crippen LogP contribution in [0.1, 0.15) is 11.4 Å². The van der Waals surface area contributed by atoms with Crippen molar-refractivity contribution in [2.24, 2.45) is 5.10 Å². The Hall–Kier alpha value is -2.08. The first kappa shape index (κ1) is 18.7. The topological polar surface area (TPSA) is 53.4 Å². The minimum Gasteiger partial charge on any atom is -0.378 e. The van der Waals surface area contributed by atoms with Crippen LogP contribution in [0.2, 0.25) is 0 Å². The van der Waals surface area contributed by atoms with Crippen LogP contribution in [-0.2, 0) is 3.79 Å². The molecule has 0 radical (unpaired) electrons. The molecule has 134 valence electrons. The van der Waals surface area contributed by atoms with Gasteiger partial charge in [0.2, 0.25) is 3.79 Å². The van der Waals surface area contributed by atoms with E-state index < -0.39 is 3.79 Å². The van der Waals surface area contributed by atoms with Crippen LogP contribution in [0.5, 0.6) is 0 Å². The van der Waals surface area contributed by atoms with Crippen LogP contribution in [0.3, 0.4) is 0 Å². The van der Waals surface area contributed by atoms with Gasteiger partial charge in [0, 0.05) is 25.2 Å². The second-order valence-corrected chi connectivity index (χ2v) is 8.05. The van der Waals surface area contributed by atoms with Crippen molar-refractivity contribution in [3.05, 3.63) is 59.9 Å². The number of fused-ring (bicyclic) bond motifs is 1. The molecule has 0 atom stereocenters. The third kappa shape index (κ3) is 4.36. The molecular weight excluding hydrogens is 393 g/mol. The molecule has 5 nitrogen and oxygen atoms in total. The smallest absolute Gasteiger partial charge is 0.250 e. The van der Waals surface area contributed by atoms with E-state index in [4.69, 9.17) is 34.8 Å². The summed E-state index contributed by atoms with van der Waals surface area (Å²) in [5, 5.41) is 5.03.